The van der Waals surface area contributed by atoms with E-state index in [0.717, 1.165) is 18.5 Å². The van der Waals surface area contributed by atoms with Gasteiger partial charge in [0, 0.05) is 30.6 Å². The highest BCUT2D eigenvalue weighted by Crippen LogP contribution is 2.28. The summed E-state index contributed by atoms with van der Waals surface area (Å²) in [5.74, 6) is 1.00. The molecule has 1 saturated heterocycles. The quantitative estimate of drug-likeness (QED) is 0.906. The molecule has 1 aromatic heterocycles. The Morgan fingerprint density at radius 3 is 2.63 bits per heavy atom. The van der Waals surface area contributed by atoms with E-state index in [9.17, 15) is 0 Å². The molecule has 0 aromatic carbocycles. The predicted molar refractivity (Wildman–Crippen MR) is 83.1 cm³/mol. The number of rotatable bonds is 5. The third kappa shape index (κ3) is 4.42. The van der Waals surface area contributed by atoms with E-state index in [1.807, 2.05) is 5.51 Å². The van der Waals surface area contributed by atoms with E-state index in [1.54, 1.807) is 11.3 Å². The Kier molecular flexibility index (Phi) is 5.63. The lowest BCUT2D eigenvalue weighted by atomic mass is 10.0. The minimum Gasteiger partial charge on any atom is -0.314 e. The first-order valence-corrected chi connectivity index (χ1v) is 8.04. The number of halogens is 1. The van der Waals surface area contributed by atoms with Crippen LogP contribution in [0.2, 0.25) is 0 Å². The zero-order valence-corrected chi connectivity index (χ0v) is 13.2. The van der Waals surface area contributed by atoms with Crippen molar-refractivity contribution in [1.82, 2.24) is 15.2 Å². The van der Waals surface area contributed by atoms with Crippen molar-refractivity contribution in [1.29, 1.82) is 0 Å². The number of likely N-dealkylation sites (tertiary alicyclic amines) is 1. The van der Waals surface area contributed by atoms with Crippen LogP contribution in [0, 0.1) is 12.8 Å². The number of aryl methyl sites for hydroxylation is 1. The van der Waals surface area contributed by atoms with Crippen LogP contribution in [0.15, 0.2) is 5.51 Å². The SMILES string of the molecule is Cc1ncsc1CN1CCC(NCC2CC2)CC1.Cl. The largest absolute Gasteiger partial charge is 0.314 e. The van der Waals surface area contributed by atoms with Crippen molar-refractivity contribution in [2.75, 3.05) is 19.6 Å². The summed E-state index contributed by atoms with van der Waals surface area (Å²) in [6.07, 6.45) is 5.53. The molecule has 1 aliphatic carbocycles. The van der Waals surface area contributed by atoms with E-state index in [-0.39, 0.29) is 12.4 Å². The molecule has 1 aliphatic heterocycles. The number of hydrogen-bond acceptors (Lipinski definition) is 4. The average Bonchev–Trinajstić information content (AvgIpc) is 3.13. The number of aromatic nitrogens is 1. The highest BCUT2D eigenvalue weighted by Gasteiger charge is 2.24. The second kappa shape index (κ2) is 7.02. The van der Waals surface area contributed by atoms with Gasteiger partial charge in [0.2, 0.25) is 0 Å². The van der Waals surface area contributed by atoms with Gasteiger partial charge in [-0.1, -0.05) is 0 Å². The van der Waals surface area contributed by atoms with E-state index < -0.39 is 0 Å². The number of thiazole rings is 1. The molecule has 5 heteroatoms. The molecule has 2 aliphatic rings. The highest BCUT2D eigenvalue weighted by molar-refractivity contribution is 7.09. The fraction of sp³-hybridized carbons (Fsp3) is 0.786. The van der Waals surface area contributed by atoms with Crippen LogP contribution >= 0.6 is 23.7 Å². The van der Waals surface area contributed by atoms with Crippen LogP contribution in [-0.2, 0) is 6.54 Å². The van der Waals surface area contributed by atoms with Crippen LogP contribution in [0.4, 0.5) is 0 Å². The third-order valence-electron chi connectivity index (χ3n) is 4.19. The Labute approximate surface area is 126 Å². The van der Waals surface area contributed by atoms with E-state index in [1.165, 1.54) is 55.9 Å². The van der Waals surface area contributed by atoms with Gasteiger partial charge in [0.05, 0.1) is 11.2 Å². The summed E-state index contributed by atoms with van der Waals surface area (Å²) < 4.78 is 0. The molecule has 0 unspecified atom stereocenters. The molecule has 2 heterocycles. The Bertz CT molecular complexity index is 384. The highest BCUT2D eigenvalue weighted by atomic mass is 35.5. The van der Waals surface area contributed by atoms with Crippen molar-refractivity contribution in [3.63, 3.8) is 0 Å². The van der Waals surface area contributed by atoms with Crippen molar-refractivity contribution in [3.05, 3.63) is 16.1 Å². The molecule has 3 nitrogen and oxygen atoms in total. The molecular weight excluding hydrogens is 278 g/mol. The zero-order valence-electron chi connectivity index (χ0n) is 11.6. The molecule has 1 aromatic rings. The minimum atomic E-state index is 0. The van der Waals surface area contributed by atoms with Gasteiger partial charge < -0.3 is 5.32 Å². The lowest BCUT2D eigenvalue weighted by Crippen LogP contribution is -2.42. The summed E-state index contributed by atoms with van der Waals surface area (Å²) in [5.41, 5.74) is 3.18. The number of piperidine rings is 1. The molecule has 0 bridgehead atoms. The van der Waals surface area contributed by atoms with Gasteiger partial charge in [-0.15, -0.1) is 23.7 Å². The van der Waals surface area contributed by atoms with Crippen LogP contribution in [0.25, 0.3) is 0 Å². The molecule has 0 amide bonds. The van der Waals surface area contributed by atoms with Gasteiger partial charge in [-0.25, -0.2) is 4.98 Å². The normalized spacial score (nSPS) is 21.3. The maximum absolute atomic E-state index is 4.33. The second-order valence-electron chi connectivity index (χ2n) is 5.76. The van der Waals surface area contributed by atoms with E-state index in [2.05, 4.69) is 22.1 Å². The Morgan fingerprint density at radius 2 is 2.05 bits per heavy atom. The number of nitrogens with zero attached hydrogens (tertiary/aromatic N) is 2. The standard InChI is InChI=1S/C14H23N3S.ClH/c1-11-14(18-10-16-11)9-17-6-4-13(5-7-17)15-8-12-2-3-12;/h10,12-13,15H,2-9H2,1H3;1H. The zero-order chi connectivity index (χ0) is 12.4. The fourth-order valence-electron chi connectivity index (χ4n) is 2.63. The van der Waals surface area contributed by atoms with Crippen molar-refractivity contribution in [3.8, 4) is 0 Å². The van der Waals surface area contributed by atoms with Crippen molar-refractivity contribution < 1.29 is 0 Å². The average molecular weight is 302 g/mol. The van der Waals surface area contributed by atoms with Crippen LogP contribution in [0.1, 0.15) is 36.3 Å². The first-order valence-electron chi connectivity index (χ1n) is 7.16. The van der Waals surface area contributed by atoms with Gasteiger partial charge in [0.25, 0.3) is 0 Å². The third-order valence-corrected chi connectivity index (χ3v) is 5.11. The maximum atomic E-state index is 4.33. The molecule has 0 atom stereocenters. The van der Waals surface area contributed by atoms with Gasteiger partial charge >= 0.3 is 0 Å². The molecule has 2 fully saturated rings. The van der Waals surface area contributed by atoms with Crippen LogP contribution in [0.3, 0.4) is 0 Å². The minimum absolute atomic E-state index is 0. The second-order valence-corrected chi connectivity index (χ2v) is 6.70. The lowest BCUT2D eigenvalue weighted by molar-refractivity contribution is 0.191. The Morgan fingerprint density at radius 1 is 1.32 bits per heavy atom. The van der Waals surface area contributed by atoms with Crippen LogP contribution in [0.5, 0.6) is 0 Å². The van der Waals surface area contributed by atoms with E-state index in [4.69, 9.17) is 0 Å². The van der Waals surface area contributed by atoms with Gasteiger partial charge in [-0.3, -0.25) is 4.90 Å². The smallest absolute Gasteiger partial charge is 0.0798 e. The summed E-state index contributed by atoms with van der Waals surface area (Å²) in [7, 11) is 0. The molecule has 0 radical (unpaired) electrons. The summed E-state index contributed by atoms with van der Waals surface area (Å²) in [5, 5.41) is 3.74. The van der Waals surface area contributed by atoms with Gasteiger partial charge in [-0.05, 0) is 45.1 Å². The molecular formula is C14H24ClN3S. The lowest BCUT2D eigenvalue weighted by Gasteiger charge is -2.32. The molecule has 3 rings (SSSR count). The van der Waals surface area contributed by atoms with Crippen molar-refractivity contribution in [2.45, 2.75) is 45.2 Å². The van der Waals surface area contributed by atoms with Crippen molar-refractivity contribution >= 4 is 23.7 Å². The summed E-state index contributed by atoms with van der Waals surface area (Å²) in [4.78, 5) is 8.36. The molecule has 108 valence electrons. The van der Waals surface area contributed by atoms with Gasteiger partial charge in [0.15, 0.2) is 0 Å². The van der Waals surface area contributed by atoms with Crippen LogP contribution in [-0.4, -0.2) is 35.6 Å². The van der Waals surface area contributed by atoms with Crippen LogP contribution < -0.4 is 5.32 Å². The predicted octanol–water partition coefficient (Wildman–Crippen LogP) is 2.84. The van der Waals surface area contributed by atoms with Gasteiger partial charge in [-0.2, -0.15) is 0 Å². The maximum Gasteiger partial charge on any atom is 0.0798 e. The van der Waals surface area contributed by atoms with Gasteiger partial charge in [0.1, 0.15) is 0 Å². The Balaban J connectivity index is 0.00000133. The van der Waals surface area contributed by atoms with Crippen molar-refractivity contribution in [2.24, 2.45) is 5.92 Å². The van der Waals surface area contributed by atoms with E-state index in [0.29, 0.717) is 0 Å². The summed E-state index contributed by atoms with van der Waals surface area (Å²) in [6.45, 7) is 6.96. The molecule has 1 N–H and O–H groups in total. The van der Waals surface area contributed by atoms with E-state index >= 15 is 0 Å². The molecule has 0 spiro atoms. The summed E-state index contributed by atoms with van der Waals surface area (Å²) in [6, 6.07) is 0.768. The summed E-state index contributed by atoms with van der Waals surface area (Å²) >= 11 is 1.80. The fourth-order valence-corrected chi connectivity index (χ4v) is 3.45. The molecule has 19 heavy (non-hydrogen) atoms. The Hall–Kier alpha value is -0.160. The number of nitrogens with one attached hydrogen (secondary N) is 1. The first kappa shape index (κ1) is 15.2. The monoisotopic (exact) mass is 301 g/mol. The first-order chi connectivity index (χ1) is 8.81. The number of hydrogen-bond donors (Lipinski definition) is 1. The topological polar surface area (TPSA) is 28.2 Å². The molecule has 1 saturated carbocycles.